The fourth-order valence-corrected chi connectivity index (χ4v) is 0.944. The van der Waals surface area contributed by atoms with E-state index >= 15 is 0 Å². The summed E-state index contributed by atoms with van der Waals surface area (Å²) < 4.78 is 13.0. The van der Waals surface area contributed by atoms with Crippen molar-refractivity contribution < 1.29 is 14.4 Å². The lowest BCUT2D eigenvalue weighted by molar-refractivity contribution is -0.631. The van der Waals surface area contributed by atoms with Crippen LogP contribution in [0.25, 0.3) is 0 Å². The van der Waals surface area contributed by atoms with E-state index in [1.54, 1.807) is 0 Å². The van der Waals surface area contributed by atoms with Crippen LogP contribution in [0.2, 0.25) is 0 Å². The van der Waals surface area contributed by atoms with Crippen LogP contribution in [0.3, 0.4) is 0 Å². The van der Waals surface area contributed by atoms with Crippen molar-refractivity contribution in [1.82, 2.24) is 0 Å². The number of aliphatic hydroxyl groups is 1. The lowest BCUT2D eigenvalue weighted by atomic mass is 10.1. The van der Waals surface area contributed by atoms with Crippen LogP contribution in [0, 0.1) is 15.9 Å². The molecule has 1 aromatic carbocycles. The van der Waals surface area contributed by atoms with Crippen LogP contribution in [0.1, 0.15) is 12.5 Å². The summed E-state index contributed by atoms with van der Waals surface area (Å²) in [5.74, 6) is -0.788. The van der Waals surface area contributed by atoms with Crippen molar-refractivity contribution in [3.8, 4) is 0 Å². The molecule has 0 radical (unpaired) electrons. The molecule has 0 amide bonds. The van der Waals surface area contributed by atoms with Crippen molar-refractivity contribution in [3.63, 3.8) is 0 Å². The van der Waals surface area contributed by atoms with Crippen molar-refractivity contribution >= 4 is 0 Å². The summed E-state index contributed by atoms with van der Waals surface area (Å²) in [6, 6.07) is 5.07. The zero-order chi connectivity index (χ0) is 10.1. The van der Waals surface area contributed by atoms with Gasteiger partial charge in [0.25, 0.3) is 0 Å². The molecule has 0 fully saturated rings. The Labute approximate surface area is 73.8 Å². The van der Waals surface area contributed by atoms with Crippen LogP contribution in [0.4, 0.5) is 4.39 Å². The molecule has 1 atom stereocenters. The molecule has 0 aromatic heterocycles. The number of benzene rings is 1. The third-order valence-corrected chi connectivity index (χ3v) is 1.74. The molecule has 0 saturated heterocycles. The van der Waals surface area contributed by atoms with Gasteiger partial charge in [-0.3, -0.25) is 10.1 Å². The van der Waals surface area contributed by atoms with Gasteiger partial charge in [0.15, 0.2) is 0 Å². The number of hydrogen-bond acceptors (Lipinski definition) is 3. The second-order valence-electron chi connectivity index (χ2n) is 2.76. The quantitative estimate of drug-likeness (QED) is 0.428. The highest BCUT2D eigenvalue weighted by Crippen LogP contribution is 2.23. The minimum absolute atomic E-state index is 0.333. The maximum Gasteiger partial charge on any atom is 0.349 e. The van der Waals surface area contributed by atoms with Crippen LogP contribution in [0.5, 0.6) is 0 Å². The van der Waals surface area contributed by atoms with Crippen molar-refractivity contribution in [2.75, 3.05) is 0 Å². The van der Waals surface area contributed by atoms with Gasteiger partial charge < -0.3 is 5.11 Å². The molecule has 1 unspecified atom stereocenters. The molecule has 0 aliphatic rings. The Morgan fingerprint density at radius 2 is 2.08 bits per heavy atom. The molecule has 13 heavy (non-hydrogen) atoms. The number of nitro groups is 1. The monoisotopic (exact) mass is 185 g/mol. The van der Waals surface area contributed by atoms with Crippen LogP contribution < -0.4 is 0 Å². The van der Waals surface area contributed by atoms with Crippen molar-refractivity contribution in [1.29, 1.82) is 0 Å². The van der Waals surface area contributed by atoms with Crippen molar-refractivity contribution in [2.45, 2.75) is 12.6 Å². The normalized spacial score (nSPS) is 15.0. The molecule has 0 aliphatic heterocycles. The Morgan fingerprint density at radius 3 is 2.54 bits per heavy atom. The average Bonchev–Trinajstić information content (AvgIpc) is 2.04. The van der Waals surface area contributed by atoms with Crippen LogP contribution in [-0.4, -0.2) is 10.0 Å². The molecule has 5 heteroatoms. The van der Waals surface area contributed by atoms with Gasteiger partial charge in [0.2, 0.25) is 0 Å². The van der Waals surface area contributed by atoms with E-state index in [0.29, 0.717) is 0 Å². The fourth-order valence-electron chi connectivity index (χ4n) is 0.944. The van der Waals surface area contributed by atoms with Gasteiger partial charge in [-0.05, 0) is 12.1 Å². The van der Waals surface area contributed by atoms with Gasteiger partial charge >= 0.3 is 5.72 Å². The summed E-state index contributed by atoms with van der Waals surface area (Å²) in [7, 11) is 0. The molecular weight excluding hydrogens is 177 g/mol. The van der Waals surface area contributed by atoms with Gasteiger partial charge in [0.1, 0.15) is 5.82 Å². The molecular formula is C8H8FNO3. The number of hydrogen-bond donors (Lipinski definition) is 1. The third kappa shape index (κ3) is 1.65. The number of rotatable bonds is 2. The summed E-state index contributed by atoms with van der Waals surface area (Å²) in [6.07, 6.45) is 0. The lowest BCUT2D eigenvalue weighted by Gasteiger charge is -2.14. The van der Waals surface area contributed by atoms with E-state index < -0.39 is 16.5 Å². The summed E-state index contributed by atoms with van der Waals surface area (Å²) >= 11 is 0. The summed E-state index contributed by atoms with van der Waals surface area (Å²) in [4.78, 5) is 9.42. The van der Waals surface area contributed by atoms with Gasteiger partial charge in [-0.1, -0.05) is 12.1 Å². The Hall–Kier alpha value is -1.49. The first-order valence-electron chi connectivity index (χ1n) is 3.58. The molecule has 70 valence electrons. The molecule has 0 saturated carbocycles. The molecule has 0 heterocycles. The van der Waals surface area contributed by atoms with E-state index in [0.717, 1.165) is 13.0 Å². The van der Waals surface area contributed by atoms with E-state index in [1.807, 2.05) is 0 Å². The minimum atomic E-state index is -2.37. The maximum absolute atomic E-state index is 13.0. The van der Waals surface area contributed by atoms with Gasteiger partial charge in [-0.25, -0.2) is 4.39 Å². The second-order valence-corrected chi connectivity index (χ2v) is 2.76. The number of nitrogens with zero attached hydrogens (tertiary/aromatic N) is 1. The Balaban J connectivity index is 3.22. The maximum atomic E-state index is 13.0. The fraction of sp³-hybridized carbons (Fsp3) is 0.250. The zero-order valence-electron chi connectivity index (χ0n) is 6.90. The average molecular weight is 185 g/mol. The van der Waals surface area contributed by atoms with Gasteiger partial charge in [0, 0.05) is 6.92 Å². The van der Waals surface area contributed by atoms with E-state index in [2.05, 4.69) is 0 Å². The van der Waals surface area contributed by atoms with Gasteiger partial charge in [-0.2, -0.15) is 0 Å². The van der Waals surface area contributed by atoms with Crippen molar-refractivity contribution in [2.24, 2.45) is 0 Å². The summed E-state index contributed by atoms with van der Waals surface area (Å²) in [5.41, 5.74) is -2.70. The highest BCUT2D eigenvalue weighted by atomic mass is 19.1. The summed E-state index contributed by atoms with van der Waals surface area (Å²) in [5, 5.41) is 19.7. The molecule has 1 N–H and O–H groups in total. The molecule has 1 rings (SSSR count). The summed E-state index contributed by atoms with van der Waals surface area (Å²) in [6.45, 7) is 0.936. The molecule has 0 aliphatic carbocycles. The first kappa shape index (κ1) is 9.60. The first-order valence-corrected chi connectivity index (χ1v) is 3.58. The predicted octanol–water partition coefficient (Wildman–Crippen LogP) is 1.27. The highest BCUT2D eigenvalue weighted by molar-refractivity contribution is 5.21. The zero-order valence-corrected chi connectivity index (χ0v) is 6.90. The van der Waals surface area contributed by atoms with E-state index in [4.69, 9.17) is 0 Å². The van der Waals surface area contributed by atoms with Crippen LogP contribution in [0.15, 0.2) is 24.3 Å². The largest absolute Gasteiger partial charge is 0.349 e. The van der Waals surface area contributed by atoms with E-state index in [1.165, 1.54) is 18.2 Å². The Bertz CT molecular complexity index is 338. The predicted molar refractivity (Wildman–Crippen MR) is 43.0 cm³/mol. The van der Waals surface area contributed by atoms with Gasteiger partial charge in [0.05, 0.1) is 10.5 Å². The smallest absolute Gasteiger partial charge is 0.327 e. The molecule has 0 spiro atoms. The van der Waals surface area contributed by atoms with E-state index in [-0.39, 0.29) is 5.56 Å². The Morgan fingerprint density at radius 1 is 1.54 bits per heavy atom. The van der Waals surface area contributed by atoms with Gasteiger partial charge in [-0.15, -0.1) is 0 Å². The minimum Gasteiger partial charge on any atom is -0.327 e. The van der Waals surface area contributed by atoms with Crippen LogP contribution >= 0.6 is 0 Å². The standard InChI is InChI=1S/C8H8FNO3/c1-8(11,10(12)13)6-4-2-3-5-7(6)9/h2-5,11H,1H3. The lowest BCUT2D eigenvalue weighted by Crippen LogP contribution is -2.32. The third-order valence-electron chi connectivity index (χ3n) is 1.74. The van der Waals surface area contributed by atoms with Crippen molar-refractivity contribution in [3.05, 3.63) is 45.8 Å². The van der Waals surface area contributed by atoms with E-state index in [9.17, 15) is 19.6 Å². The number of halogens is 1. The first-order chi connectivity index (χ1) is 5.96. The van der Waals surface area contributed by atoms with Crippen LogP contribution in [-0.2, 0) is 5.72 Å². The second kappa shape index (κ2) is 3.10. The topological polar surface area (TPSA) is 63.4 Å². The highest BCUT2D eigenvalue weighted by Gasteiger charge is 2.38. The molecule has 0 bridgehead atoms. The molecule has 1 aromatic rings. The SMILES string of the molecule is CC(O)(c1ccccc1F)[N+](=O)[O-]. The Kier molecular flexibility index (Phi) is 2.29. The molecule has 4 nitrogen and oxygen atoms in total.